The molecule has 4 aromatic rings. The predicted octanol–water partition coefficient (Wildman–Crippen LogP) is 4.30. The van der Waals surface area contributed by atoms with E-state index >= 15 is 8.78 Å². The minimum Gasteiger partial charge on any atom is -0.385 e. The average molecular weight is 626 g/mol. The number of nitrogens with zero attached hydrogens (tertiary/aromatic N) is 4. The maximum absolute atomic E-state index is 15.3. The molecule has 0 bridgehead atoms. The zero-order valence-electron chi connectivity index (χ0n) is 24.8. The van der Waals surface area contributed by atoms with Crippen LogP contribution in [0.25, 0.3) is 16.8 Å². The van der Waals surface area contributed by atoms with Gasteiger partial charge in [0.2, 0.25) is 0 Å². The van der Waals surface area contributed by atoms with E-state index in [1.165, 1.54) is 18.4 Å². The lowest BCUT2D eigenvalue weighted by Gasteiger charge is -2.39. The van der Waals surface area contributed by atoms with Crippen LogP contribution in [0.3, 0.4) is 0 Å². The second kappa shape index (κ2) is 11.9. The molecule has 9 nitrogen and oxygen atoms in total. The Labute approximate surface area is 255 Å². The molecule has 12 heteroatoms. The van der Waals surface area contributed by atoms with E-state index in [-0.39, 0.29) is 53.2 Å². The lowest BCUT2D eigenvalue weighted by molar-refractivity contribution is -0.0392. The number of fused-ring (bicyclic) bond motifs is 1. The van der Waals surface area contributed by atoms with Crippen molar-refractivity contribution in [2.45, 2.75) is 69.1 Å². The highest BCUT2D eigenvalue weighted by molar-refractivity contribution is 7.90. The summed E-state index contributed by atoms with van der Waals surface area (Å²) in [5, 5.41) is 15.2. The predicted molar refractivity (Wildman–Crippen MR) is 162 cm³/mol. The highest BCUT2D eigenvalue weighted by Crippen LogP contribution is 2.43. The molecule has 0 radical (unpaired) electrons. The molecule has 3 N–H and O–H groups in total. The number of aromatic nitrogens is 4. The molecular formula is C32H37F2N5O4S. The molecule has 3 heterocycles. The number of nitrogens with two attached hydrogens (primary N) is 1. The standard InChI is InChI=1S/C32H37F2N5O4S/c1-19-12-20(13-27(35)31(19)43-10-11-44(2,41)42)24-6-9-36-17-21(24)14-29-37-18-23-4-5-28(38-39(23)29)30-25(33)15-22(16-26(30)34)32(40)7-3-8-32/h4-6,9,15-20,27,31,40H,3,7-8,10-14,35H2,1-2H3/t19-,20+,27+,31-/m0/s1. The van der Waals surface area contributed by atoms with E-state index in [9.17, 15) is 13.5 Å². The molecule has 0 aliphatic heterocycles. The van der Waals surface area contributed by atoms with Crippen molar-refractivity contribution in [3.63, 3.8) is 0 Å². The van der Waals surface area contributed by atoms with Crippen LogP contribution < -0.4 is 5.73 Å². The molecule has 3 aromatic heterocycles. The topological polar surface area (TPSA) is 133 Å². The summed E-state index contributed by atoms with van der Waals surface area (Å²) >= 11 is 0. The van der Waals surface area contributed by atoms with Crippen molar-refractivity contribution in [2.75, 3.05) is 18.6 Å². The summed E-state index contributed by atoms with van der Waals surface area (Å²) in [7, 11) is -3.12. The Morgan fingerprint density at radius 1 is 1.14 bits per heavy atom. The van der Waals surface area contributed by atoms with Gasteiger partial charge in [-0.15, -0.1) is 0 Å². The van der Waals surface area contributed by atoms with Gasteiger partial charge < -0.3 is 15.6 Å². The first-order valence-corrected chi connectivity index (χ1v) is 17.0. The second-order valence-electron chi connectivity index (χ2n) is 12.5. The van der Waals surface area contributed by atoms with E-state index < -0.39 is 27.1 Å². The quantitative estimate of drug-likeness (QED) is 0.281. The Morgan fingerprint density at radius 3 is 2.55 bits per heavy atom. The first kappa shape index (κ1) is 30.7. The summed E-state index contributed by atoms with van der Waals surface area (Å²) in [6.07, 6.45) is 9.82. The molecule has 2 aliphatic rings. The lowest BCUT2D eigenvalue weighted by Crippen LogP contribution is -2.47. The summed E-state index contributed by atoms with van der Waals surface area (Å²) < 4.78 is 61.1. The van der Waals surface area contributed by atoms with Gasteiger partial charge in [0.1, 0.15) is 27.3 Å². The van der Waals surface area contributed by atoms with Gasteiger partial charge in [0.15, 0.2) is 0 Å². The Morgan fingerprint density at radius 2 is 1.89 bits per heavy atom. The molecule has 0 saturated heterocycles. The highest BCUT2D eigenvalue weighted by atomic mass is 32.2. The first-order chi connectivity index (χ1) is 20.9. The van der Waals surface area contributed by atoms with E-state index in [4.69, 9.17) is 10.5 Å². The number of sulfone groups is 1. The molecular weight excluding hydrogens is 588 g/mol. The Hall–Kier alpha value is -3.32. The number of imidazole rings is 1. The van der Waals surface area contributed by atoms with Crippen LogP contribution in [-0.2, 0) is 26.6 Å². The fourth-order valence-electron chi connectivity index (χ4n) is 6.67. The third-order valence-electron chi connectivity index (χ3n) is 9.16. The molecule has 1 aromatic carbocycles. The average Bonchev–Trinajstić information content (AvgIpc) is 3.34. The summed E-state index contributed by atoms with van der Waals surface area (Å²) in [5.74, 6) is -0.748. The number of hydrogen-bond donors (Lipinski definition) is 2. The number of benzene rings is 1. The molecule has 6 rings (SSSR count). The summed E-state index contributed by atoms with van der Waals surface area (Å²) in [5.41, 5.74) is 8.22. The zero-order valence-corrected chi connectivity index (χ0v) is 25.6. The first-order valence-electron chi connectivity index (χ1n) is 15.0. The van der Waals surface area contributed by atoms with E-state index in [1.54, 1.807) is 35.2 Å². The fraction of sp³-hybridized carbons (Fsp3) is 0.469. The smallest absolute Gasteiger partial charge is 0.149 e. The van der Waals surface area contributed by atoms with E-state index in [1.807, 2.05) is 6.07 Å². The third kappa shape index (κ3) is 6.13. The molecule has 0 unspecified atom stereocenters. The SMILES string of the molecule is C[C@H]1C[C@@H](c2ccncc2Cc2ncc3ccc(-c4c(F)cc(C5(O)CCC5)cc4F)nn23)C[C@@H](N)[C@H]1OCCS(C)(=O)=O. The molecule has 0 amide bonds. The van der Waals surface area contributed by atoms with Gasteiger partial charge in [0.05, 0.1) is 47.0 Å². The van der Waals surface area contributed by atoms with Crippen molar-refractivity contribution in [1.82, 2.24) is 19.6 Å². The number of aliphatic hydroxyl groups is 1. The summed E-state index contributed by atoms with van der Waals surface area (Å²) in [4.78, 5) is 8.93. The van der Waals surface area contributed by atoms with Gasteiger partial charge in [-0.05, 0) is 91.0 Å². The monoisotopic (exact) mass is 625 g/mol. The van der Waals surface area contributed by atoms with E-state index in [2.05, 4.69) is 22.0 Å². The molecule has 2 aliphatic carbocycles. The van der Waals surface area contributed by atoms with Crippen molar-refractivity contribution in [1.29, 1.82) is 0 Å². The van der Waals surface area contributed by atoms with Crippen LogP contribution in [0.4, 0.5) is 8.78 Å². The molecule has 234 valence electrons. The molecule has 4 atom stereocenters. The van der Waals surface area contributed by atoms with Gasteiger partial charge in [0.25, 0.3) is 0 Å². The van der Waals surface area contributed by atoms with Gasteiger partial charge in [-0.2, -0.15) is 5.10 Å². The normalized spacial score (nSPS) is 23.5. The van der Waals surface area contributed by atoms with Crippen LogP contribution in [0.15, 0.2) is 48.9 Å². The van der Waals surface area contributed by atoms with Crippen molar-refractivity contribution < 1.29 is 27.0 Å². The highest BCUT2D eigenvalue weighted by Gasteiger charge is 2.38. The van der Waals surface area contributed by atoms with E-state index in [0.29, 0.717) is 37.0 Å². The van der Waals surface area contributed by atoms with Gasteiger partial charge in [-0.3, -0.25) is 4.98 Å². The number of halogens is 2. The van der Waals surface area contributed by atoms with Crippen LogP contribution in [0, 0.1) is 17.6 Å². The summed E-state index contributed by atoms with van der Waals surface area (Å²) in [6.45, 7) is 2.19. The maximum atomic E-state index is 15.3. The van der Waals surface area contributed by atoms with Crippen molar-refractivity contribution >= 4 is 15.4 Å². The van der Waals surface area contributed by atoms with E-state index in [0.717, 1.165) is 24.0 Å². The Kier molecular flexibility index (Phi) is 8.29. The number of rotatable bonds is 9. The van der Waals surface area contributed by atoms with Crippen LogP contribution in [-0.4, -0.2) is 63.9 Å². The second-order valence-corrected chi connectivity index (χ2v) is 14.7. The van der Waals surface area contributed by atoms with Crippen molar-refractivity contribution in [3.8, 4) is 11.3 Å². The van der Waals surface area contributed by atoms with Crippen molar-refractivity contribution in [2.24, 2.45) is 11.7 Å². The van der Waals surface area contributed by atoms with Crippen molar-refractivity contribution in [3.05, 3.63) is 83.1 Å². The minimum absolute atomic E-state index is 0.0388. The van der Waals surface area contributed by atoms with Crippen LogP contribution in [0.5, 0.6) is 0 Å². The number of ether oxygens (including phenoxy) is 1. The maximum Gasteiger partial charge on any atom is 0.149 e. The minimum atomic E-state index is -3.12. The molecule has 2 saturated carbocycles. The van der Waals surface area contributed by atoms with Gasteiger partial charge in [-0.1, -0.05) is 6.92 Å². The lowest BCUT2D eigenvalue weighted by atomic mass is 9.73. The van der Waals surface area contributed by atoms with Gasteiger partial charge in [-0.25, -0.2) is 26.7 Å². The fourth-order valence-corrected chi connectivity index (χ4v) is 7.07. The van der Waals surface area contributed by atoms with Crippen LogP contribution in [0.1, 0.15) is 67.5 Å². The molecule has 0 spiro atoms. The molecule has 44 heavy (non-hydrogen) atoms. The van der Waals surface area contributed by atoms with Gasteiger partial charge >= 0.3 is 0 Å². The third-order valence-corrected chi connectivity index (χ3v) is 10.1. The van der Waals surface area contributed by atoms with Crippen LogP contribution >= 0.6 is 0 Å². The van der Waals surface area contributed by atoms with Gasteiger partial charge in [0, 0.05) is 31.1 Å². The summed E-state index contributed by atoms with van der Waals surface area (Å²) in [6, 6.07) is 7.42. The Bertz CT molecular complexity index is 1760. The zero-order chi connectivity index (χ0) is 31.2. The number of pyridine rings is 1. The largest absolute Gasteiger partial charge is 0.385 e. The number of hydrogen-bond acceptors (Lipinski definition) is 8. The molecule has 2 fully saturated rings. The Balaban J connectivity index is 1.24. The van der Waals surface area contributed by atoms with Crippen LogP contribution in [0.2, 0.25) is 0 Å².